The van der Waals surface area contributed by atoms with Crippen molar-refractivity contribution in [1.29, 1.82) is 0 Å². The first-order valence-electron chi connectivity index (χ1n) is 12.2. The number of rotatable bonds is 5. The first-order valence-corrected chi connectivity index (χ1v) is 13.0. The highest BCUT2D eigenvalue weighted by Crippen LogP contribution is 2.35. The number of halogens is 4. The van der Waals surface area contributed by atoms with Crippen LogP contribution in [0.2, 0.25) is 0 Å². The summed E-state index contributed by atoms with van der Waals surface area (Å²) in [5.41, 5.74) is 4.33. The number of H-pyrrole nitrogens is 2. The van der Waals surface area contributed by atoms with Gasteiger partial charge in [-0.2, -0.15) is 9.49 Å². The van der Waals surface area contributed by atoms with Gasteiger partial charge in [-0.25, -0.2) is 18.2 Å². The Hall–Kier alpha value is -4.16. The molecule has 2 N–H and O–H groups in total. The molecule has 0 amide bonds. The van der Waals surface area contributed by atoms with Crippen molar-refractivity contribution >= 4 is 33.3 Å². The molecule has 0 unspecified atom stereocenters. The van der Waals surface area contributed by atoms with E-state index >= 15 is 4.39 Å². The molecule has 0 spiro atoms. The fraction of sp³-hybridized carbons (Fsp3) is 0.185. The van der Waals surface area contributed by atoms with E-state index in [1.807, 2.05) is 0 Å². The van der Waals surface area contributed by atoms with Crippen LogP contribution in [-0.2, 0) is 6.54 Å². The Morgan fingerprint density at radius 1 is 1.03 bits per heavy atom. The number of likely N-dealkylation sites (tertiary alicyclic amines) is 1. The van der Waals surface area contributed by atoms with E-state index in [1.54, 1.807) is 47.8 Å². The maximum absolute atomic E-state index is 15.2. The van der Waals surface area contributed by atoms with Crippen molar-refractivity contribution in [3.8, 4) is 33.2 Å². The number of alkyl halides is 2. The average Bonchev–Trinajstić information content (AvgIpc) is 3.69. The van der Waals surface area contributed by atoms with Crippen LogP contribution in [0, 0.1) is 10.9 Å². The van der Waals surface area contributed by atoms with Crippen LogP contribution >= 0.6 is 11.3 Å². The number of hydrogen-bond acceptors (Lipinski definition) is 6. The van der Waals surface area contributed by atoms with Gasteiger partial charge in [0.05, 0.1) is 22.5 Å². The minimum absolute atomic E-state index is 0.168. The third-order valence-electron chi connectivity index (χ3n) is 6.84. The van der Waals surface area contributed by atoms with E-state index in [2.05, 4.69) is 25.1 Å². The molecule has 196 valence electrons. The van der Waals surface area contributed by atoms with Gasteiger partial charge in [-0.15, -0.1) is 11.3 Å². The lowest BCUT2D eigenvalue weighted by molar-refractivity contribution is 0.0115. The summed E-state index contributed by atoms with van der Waals surface area (Å²) in [6.45, 7) is 0.304. The lowest BCUT2D eigenvalue weighted by atomic mass is 10.0. The standard InChI is InChI=1S/C27H19F4N7S/c28-18-9-20-17(8-16(18)15-7-14(10-32-11-15)12-38-6-4-27(30,31)13-38)23(37-36-20)26-34-19-3-5-33-25(24(19)35-26)21-1-2-22(29)39-21/h1-3,5,7-11H,4,6,12-13H2,(H,34,35)(H,36,37). The second kappa shape index (κ2) is 8.95. The van der Waals surface area contributed by atoms with Gasteiger partial charge in [-0.3, -0.25) is 20.0 Å². The first kappa shape index (κ1) is 23.9. The van der Waals surface area contributed by atoms with Crippen molar-refractivity contribution in [2.45, 2.75) is 18.9 Å². The number of nitrogens with one attached hydrogen (secondary N) is 2. The Morgan fingerprint density at radius 3 is 2.72 bits per heavy atom. The zero-order valence-electron chi connectivity index (χ0n) is 20.2. The van der Waals surface area contributed by atoms with Gasteiger partial charge >= 0.3 is 0 Å². The molecule has 7 nitrogen and oxygen atoms in total. The van der Waals surface area contributed by atoms with Crippen LogP contribution in [0.3, 0.4) is 0 Å². The van der Waals surface area contributed by atoms with Crippen LogP contribution in [0.15, 0.2) is 55.0 Å². The summed E-state index contributed by atoms with van der Waals surface area (Å²) in [4.78, 5) is 18.9. The summed E-state index contributed by atoms with van der Waals surface area (Å²) in [5, 5.41) is 7.56. The molecule has 1 aliphatic heterocycles. The number of hydrogen-bond donors (Lipinski definition) is 2. The number of nitrogens with zero attached hydrogens (tertiary/aromatic N) is 5. The molecule has 7 rings (SSSR count). The molecule has 6 aromatic rings. The molecule has 5 aromatic heterocycles. The monoisotopic (exact) mass is 549 g/mol. The Morgan fingerprint density at radius 2 is 1.92 bits per heavy atom. The normalized spacial score (nSPS) is 15.6. The van der Waals surface area contributed by atoms with Crippen molar-refractivity contribution in [3.63, 3.8) is 0 Å². The largest absolute Gasteiger partial charge is 0.336 e. The van der Waals surface area contributed by atoms with Crippen molar-refractivity contribution in [1.82, 2.24) is 35.0 Å². The summed E-state index contributed by atoms with van der Waals surface area (Å²) < 4.78 is 56.1. The molecule has 0 bridgehead atoms. The second-order valence-electron chi connectivity index (χ2n) is 9.59. The van der Waals surface area contributed by atoms with E-state index in [0.29, 0.717) is 68.2 Å². The maximum Gasteiger partial charge on any atom is 0.261 e. The maximum atomic E-state index is 15.2. The van der Waals surface area contributed by atoms with Gasteiger partial charge in [0.1, 0.15) is 22.7 Å². The zero-order valence-corrected chi connectivity index (χ0v) is 21.0. The third-order valence-corrected chi connectivity index (χ3v) is 7.72. The Bertz CT molecular complexity index is 1860. The van der Waals surface area contributed by atoms with Crippen molar-refractivity contribution in [2.24, 2.45) is 0 Å². The lowest BCUT2D eigenvalue weighted by Gasteiger charge is -2.16. The van der Waals surface area contributed by atoms with E-state index in [-0.39, 0.29) is 18.1 Å². The van der Waals surface area contributed by atoms with E-state index in [0.717, 1.165) is 16.9 Å². The molecule has 1 saturated heterocycles. The van der Waals surface area contributed by atoms with Gasteiger partial charge in [0, 0.05) is 60.7 Å². The number of benzene rings is 1. The van der Waals surface area contributed by atoms with Crippen LogP contribution in [0.1, 0.15) is 12.0 Å². The van der Waals surface area contributed by atoms with Gasteiger partial charge < -0.3 is 4.98 Å². The number of thiophene rings is 1. The Kier molecular flexibility index (Phi) is 5.49. The highest BCUT2D eigenvalue weighted by atomic mass is 32.1. The van der Waals surface area contributed by atoms with E-state index in [4.69, 9.17) is 4.98 Å². The number of fused-ring (bicyclic) bond motifs is 2. The fourth-order valence-electron chi connectivity index (χ4n) is 5.03. The van der Waals surface area contributed by atoms with Crippen LogP contribution in [-0.4, -0.2) is 54.0 Å². The fourth-order valence-corrected chi connectivity index (χ4v) is 5.76. The van der Waals surface area contributed by atoms with Gasteiger partial charge in [0.2, 0.25) is 0 Å². The molecule has 12 heteroatoms. The summed E-state index contributed by atoms with van der Waals surface area (Å²) in [7, 11) is 0. The molecule has 0 atom stereocenters. The number of aromatic nitrogens is 6. The summed E-state index contributed by atoms with van der Waals surface area (Å²) in [6, 6.07) is 9.62. The molecule has 0 aliphatic carbocycles. The summed E-state index contributed by atoms with van der Waals surface area (Å²) in [6.07, 6.45) is 4.61. The minimum atomic E-state index is -2.69. The molecular formula is C27H19F4N7S. The SMILES string of the molecule is Fc1ccc(-c2nccc3[nH]c(-c4n[nH]c5cc(F)c(-c6cncc(CN7CCC(F)(F)C7)c6)cc45)nc23)s1. The van der Waals surface area contributed by atoms with Crippen LogP contribution in [0.5, 0.6) is 0 Å². The van der Waals surface area contributed by atoms with E-state index in [1.165, 1.54) is 12.1 Å². The molecule has 6 heterocycles. The number of pyridine rings is 2. The van der Waals surface area contributed by atoms with Crippen LogP contribution < -0.4 is 0 Å². The molecule has 0 radical (unpaired) electrons. The minimum Gasteiger partial charge on any atom is -0.336 e. The van der Waals surface area contributed by atoms with E-state index in [9.17, 15) is 13.2 Å². The zero-order chi connectivity index (χ0) is 26.7. The topological polar surface area (TPSA) is 86.4 Å². The van der Waals surface area contributed by atoms with Crippen molar-refractivity contribution < 1.29 is 17.6 Å². The summed E-state index contributed by atoms with van der Waals surface area (Å²) in [5.74, 6) is -2.71. The van der Waals surface area contributed by atoms with Gasteiger partial charge in [0.15, 0.2) is 11.0 Å². The molecule has 1 fully saturated rings. The van der Waals surface area contributed by atoms with Crippen LogP contribution in [0.4, 0.5) is 17.6 Å². The van der Waals surface area contributed by atoms with Crippen molar-refractivity contribution in [3.05, 3.63) is 71.5 Å². The predicted octanol–water partition coefficient (Wildman–Crippen LogP) is 6.41. The Balaban J connectivity index is 1.27. The lowest BCUT2D eigenvalue weighted by Crippen LogP contribution is -2.24. The number of imidazole rings is 1. The molecule has 39 heavy (non-hydrogen) atoms. The highest BCUT2D eigenvalue weighted by Gasteiger charge is 2.38. The highest BCUT2D eigenvalue weighted by molar-refractivity contribution is 7.13. The quantitative estimate of drug-likeness (QED) is 0.243. The molecule has 1 aromatic carbocycles. The molecular weight excluding hydrogens is 530 g/mol. The van der Waals surface area contributed by atoms with Crippen LogP contribution in [0.25, 0.3) is 55.2 Å². The predicted molar refractivity (Wildman–Crippen MR) is 140 cm³/mol. The van der Waals surface area contributed by atoms with Crippen molar-refractivity contribution in [2.75, 3.05) is 13.1 Å². The van der Waals surface area contributed by atoms with Gasteiger partial charge in [-0.05, 0) is 35.9 Å². The van der Waals surface area contributed by atoms with Gasteiger partial charge in [-0.1, -0.05) is 0 Å². The van der Waals surface area contributed by atoms with Gasteiger partial charge in [0.25, 0.3) is 5.92 Å². The van der Waals surface area contributed by atoms with E-state index < -0.39 is 11.7 Å². The smallest absolute Gasteiger partial charge is 0.261 e. The number of aromatic amines is 2. The molecule has 0 saturated carbocycles. The molecule has 1 aliphatic rings. The summed E-state index contributed by atoms with van der Waals surface area (Å²) >= 11 is 0.984. The third kappa shape index (κ3) is 4.35. The Labute approximate surface area is 222 Å². The average molecular weight is 550 g/mol. The first-order chi connectivity index (χ1) is 18.8. The second-order valence-corrected chi connectivity index (χ2v) is 10.6.